The first-order valence-corrected chi connectivity index (χ1v) is 5.43. The molecule has 0 aliphatic heterocycles. The lowest BCUT2D eigenvalue weighted by atomic mass is 10.1. The lowest BCUT2D eigenvalue weighted by Gasteiger charge is -2.07. The first kappa shape index (κ1) is 11.6. The van der Waals surface area contributed by atoms with Gasteiger partial charge in [0.1, 0.15) is 0 Å². The summed E-state index contributed by atoms with van der Waals surface area (Å²) >= 11 is 0. The van der Waals surface area contributed by atoms with Crippen LogP contribution in [0.15, 0.2) is 18.2 Å². The van der Waals surface area contributed by atoms with Crippen LogP contribution in [0.25, 0.3) is 0 Å². The van der Waals surface area contributed by atoms with E-state index in [0.717, 1.165) is 5.56 Å². The smallest absolute Gasteiger partial charge is 0.210 e. The van der Waals surface area contributed by atoms with E-state index in [1.54, 1.807) is 25.3 Å². The van der Waals surface area contributed by atoms with Crippen molar-refractivity contribution >= 4 is 15.7 Å². The fourth-order valence-corrected chi connectivity index (χ4v) is 1.50. The van der Waals surface area contributed by atoms with Crippen LogP contribution in [-0.2, 0) is 16.7 Å². The molecule has 15 heavy (non-hydrogen) atoms. The Hall–Kier alpha value is -1.49. The summed E-state index contributed by atoms with van der Waals surface area (Å²) < 4.78 is 30.8. The van der Waals surface area contributed by atoms with Crippen LogP contribution in [0, 0.1) is 0 Å². The van der Waals surface area contributed by atoms with Crippen molar-refractivity contribution in [2.45, 2.75) is 6.42 Å². The monoisotopic (exact) mass is 228 g/mol. The van der Waals surface area contributed by atoms with E-state index in [4.69, 9.17) is 9.47 Å². The highest BCUT2D eigenvalue weighted by Gasteiger charge is 2.03. The van der Waals surface area contributed by atoms with E-state index in [1.807, 2.05) is 0 Å². The summed E-state index contributed by atoms with van der Waals surface area (Å²) in [4.78, 5) is 0. The third-order valence-electron chi connectivity index (χ3n) is 1.90. The van der Waals surface area contributed by atoms with Gasteiger partial charge in [0, 0.05) is 11.8 Å². The molecule has 0 N–H and O–H groups in total. The number of benzene rings is 1. The lowest BCUT2D eigenvalue weighted by Crippen LogP contribution is -1.93. The van der Waals surface area contributed by atoms with Crippen molar-refractivity contribution in [2.24, 2.45) is 0 Å². The Morgan fingerprint density at radius 3 is 2.40 bits per heavy atom. The summed E-state index contributed by atoms with van der Waals surface area (Å²) in [7, 11) is 0.962. The molecule has 0 fully saturated rings. The number of methoxy groups -OCH3 is 2. The second kappa shape index (κ2) is 5.41. The van der Waals surface area contributed by atoms with Crippen molar-refractivity contribution in [2.75, 3.05) is 14.2 Å². The Kier molecular flexibility index (Phi) is 4.17. The Morgan fingerprint density at radius 1 is 1.20 bits per heavy atom. The largest absolute Gasteiger partial charge is 0.493 e. The van der Waals surface area contributed by atoms with Gasteiger partial charge in [-0.2, -0.15) is 8.42 Å². The first-order chi connectivity index (χ1) is 7.17. The minimum atomic E-state index is -2.13. The van der Waals surface area contributed by atoms with Crippen LogP contribution in [0.1, 0.15) is 5.56 Å². The number of hydrogen-bond acceptors (Lipinski definition) is 4. The molecular formula is C10H12O4S. The van der Waals surface area contributed by atoms with Gasteiger partial charge in [0.25, 0.3) is 0 Å². The van der Waals surface area contributed by atoms with E-state index in [0.29, 0.717) is 17.9 Å². The fraction of sp³-hybridized carbons (Fsp3) is 0.300. The van der Waals surface area contributed by atoms with Crippen molar-refractivity contribution in [3.63, 3.8) is 0 Å². The molecule has 0 unspecified atom stereocenters. The van der Waals surface area contributed by atoms with Gasteiger partial charge < -0.3 is 9.47 Å². The molecule has 0 atom stereocenters. The zero-order valence-electron chi connectivity index (χ0n) is 8.56. The molecule has 0 aliphatic rings. The van der Waals surface area contributed by atoms with E-state index in [2.05, 4.69) is 0 Å². The predicted molar refractivity (Wildman–Crippen MR) is 58.2 cm³/mol. The molecule has 0 saturated carbocycles. The van der Waals surface area contributed by atoms with Gasteiger partial charge in [0.05, 0.1) is 14.2 Å². The van der Waals surface area contributed by atoms with Gasteiger partial charge in [-0.25, -0.2) is 0 Å². The number of rotatable bonds is 4. The second-order valence-electron chi connectivity index (χ2n) is 2.82. The molecule has 0 saturated heterocycles. The Morgan fingerprint density at radius 2 is 1.87 bits per heavy atom. The minimum Gasteiger partial charge on any atom is -0.493 e. The quantitative estimate of drug-likeness (QED) is 0.719. The van der Waals surface area contributed by atoms with Gasteiger partial charge in [0.15, 0.2) is 11.5 Å². The average Bonchev–Trinajstić information content (AvgIpc) is 2.25. The van der Waals surface area contributed by atoms with Crippen molar-refractivity contribution in [1.82, 2.24) is 0 Å². The van der Waals surface area contributed by atoms with Crippen LogP contribution in [0.5, 0.6) is 11.5 Å². The van der Waals surface area contributed by atoms with Crippen LogP contribution in [0.2, 0.25) is 0 Å². The Balaban J connectivity index is 2.97. The first-order valence-electron chi connectivity index (χ1n) is 4.29. The molecule has 1 aromatic rings. The van der Waals surface area contributed by atoms with E-state index in [1.165, 1.54) is 12.5 Å². The standard InChI is InChI=1S/C10H12O4S/c1-13-9-4-3-8(5-6-15(11)12)7-10(9)14-2/h3-4,6-7H,5H2,1-2H3. The Bertz CT molecular complexity index is 454. The zero-order valence-corrected chi connectivity index (χ0v) is 9.37. The van der Waals surface area contributed by atoms with Crippen molar-refractivity contribution in [1.29, 1.82) is 0 Å². The topological polar surface area (TPSA) is 52.6 Å². The van der Waals surface area contributed by atoms with E-state index < -0.39 is 10.3 Å². The lowest BCUT2D eigenvalue weighted by molar-refractivity contribution is 0.354. The maximum Gasteiger partial charge on any atom is 0.210 e. The molecule has 1 rings (SSSR count). The van der Waals surface area contributed by atoms with Crippen molar-refractivity contribution in [3.05, 3.63) is 23.8 Å². The summed E-state index contributed by atoms with van der Waals surface area (Å²) in [5.41, 5.74) is 0.858. The van der Waals surface area contributed by atoms with E-state index in [-0.39, 0.29) is 0 Å². The summed E-state index contributed by atoms with van der Waals surface area (Å²) in [6.07, 6.45) is 0.358. The van der Waals surface area contributed by atoms with Crippen LogP contribution in [0.4, 0.5) is 0 Å². The highest BCUT2D eigenvalue weighted by atomic mass is 32.2. The van der Waals surface area contributed by atoms with Crippen LogP contribution < -0.4 is 9.47 Å². The molecule has 0 radical (unpaired) electrons. The molecule has 4 nitrogen and oxygen atoms in total. The molecule has 82 valence electrons. The van der Waals surface area contributed by atoms with Gasteiger partial charge in [-0.3, -0.25) is 0 Å². The Labute approximate surface area is 90.0 Å². The molecular weight excluding hydrogens is 216 g/mol. The fourth-order valence-electron chi connectivity index (χ4n) is 1.17. The third kappa shape index (κ3) is 3.28. The molecule has 0 bridgehead atoms. The zero-order chi connectivity index (χ0) is 11.3. The van der Waals surface area contributed by atoms with Crippen molar-refractivity contribution in [3.8, 4) is 11.5 Å². The van der Waals surface area contributed by atoms with E-state index in [9.17, 15) is 8.42 Å². The van der Waals surface area contributed by atoms with Gasteiger partial charge in [0.2, 0.25) is 10.3 Å². The van der Waals surface area contributed by atoms with Gasteiger partial charge in [-0.05, 0) is 17.7 Å². The maximum atomic E-state index is 10.3. The molecule has 0 aromatic heterocycles. The normalized spacial score (nSPS) is 9.47. The summed E-state index contributed by atoms with van der Waals surface area (Å²) in [5, 5.41) is 1.20. The molecule has 0 spiro atoms. The van der Waals surface area contributed by atoms with Crippen LogP contribution >= 0.6 is 0 Å². The third-order valence-corrected chi connectivity index (χ3v) is 2.34. The van der Waals surface area contributed by atoms with Crippen molar-refractivity contribution < 1.29 is 17.9 Å². The van der Waals surface area contributed by atoms with Crippen LogP contribution in [0.3, 0.4) is 0 Å². The molecule has 0 heterocycles. The molecule has 1 aromatic carbocycles. The summed E-state index contributed by atoms with van der Waals surface area (Å²) in [5.74, 6) is 1.23. The molecule has 5 heteroatoms. The number of hydrogen-bond donors (Lipinski definition) is 0. The maximum absolute atomic E-state index is 10.3. The second-order valence-corrected chi connectivity index (χ2v) is 3.67. The molecule has 0 aliphatic carbocycles. The predicted octanol–water partition coefficient (Wildman–Crippen LogP) is 0.928. The number of ether oxygens (including phenoxy) is 2. The summed E-state index contributed by atoms with van der Waals surface area (Å²) in [6, 6.07) is 5.29. The van der Waals surface area contributed by atoms with Gasteiger partial charge in [-0.1, -0.05) is 6.07 Å². The highest BCUT2D eigenvalue weighted by Crippen LogP contribution is 2.27. The van der Waals surface area contributed by atoms with Crippen LogP contribution in [-0.4, -0.2) is 28.0 Å². The average molecular weight is 228 g/mol. The van der Waals surface area contributed by atoms with E-state index >= 15 is 0 Å². The minimum absolute atomic E-state index is 0.358. The van der Waals surface area contributed by atoms with Gasteiger partial charge >= 0.3 is 0 Å². The summed E-state index contributed by atoms with van der Waals surface area (Å²) in [6.45, 7) is 0. The highest BCUT2D eigenvalue weighted by molar-refractivity contribution is 7.71. The molecule has 0 amide bonds. The SMILES string of the molecule is COc1ccc(CC=S(=O)=O)cc1OC. The van der Waals surface area contributed by atoms with Gasteiger partial charge in [-0.15, -0.1) is 0 Å².